The van der Waals surface area contributed by atoms with Gasteiger partial charge in [-0.15, -0.1) is 0 Å². The van der Waals surface area contributed by atoms with Crippen LogP contribution in [0.4, 0.5) is 4.39 Å². The number of ketones is 1. The average Bonchev–Trinajstić information content (AvgIpc) is 3.41. The molecule has 0 spiro atoms. The number of benzene rings is 2. The number of rotatable bonds is 7. The zero-order valence-corrected chi connectivity index (χ0v) is 17.4. The predicted molar refractivity (Wildman–Crippen MR) is 115 cm³/mol. The Morgan fingerprint density at radius 1 is 1.09 bits per heavy atom. The molecular weight excluding hydrogens is 413 g/mol. The molecule has 1 fully saturated rings. The Balaban J connectivity index is 1.72. The van der Waals surface area contributed by atoms with Gasteiger partial charge in [0, 0.05) is 31.0 Å². The molecule has 0 bridgehead atoms. The van der Waals surface area contributed by atoms with Crippen molar-refractivity contribution in [3.8, 4) is 5.75 Å². The van der Waals surface area contributed by atoms with Gasteiger partial charge in [-0.25, -0.2) is 9.37 Å². The quantitative estimate of drug-likeness (QED) is 0.349. The Kier molecular flexibility index (Phi) is 6.02. The highest BCUT2D eigenvalue weighted by Gasteiger charge is 2.45. The molecule has 8 heteroatoms. The van der Waals surface area contributed by atoms with E-state index in [1.807, 2.05) is 10.8 Å². The number of carbonyl (C=O) groups is 2. The van der Waals surface area contributed by atoms with Crippen LogP contribution in [0.15, 0.2) is 72.8 Å². The number of methoxy groups -OCH3 is 1. The Hall–Kier alpha value is -3.94. The third-order valence-corrected chi connectivity index (χ3v) is 5.46. The minimum atomic E-state index is -0.770. The van der Waals surface area contributed by atoms with E-state index < -0.39 is 23.5 Å². The van der Waals surface area contributed by atoms with Crippen LogP contribution in [-0.4, -0.2) is 44.9 Å². The van der Waals surface area contributed by atoms with Gasteiger partial charge in [0.05, 0.1) is 25.1 Å². The second-order valence-corrected chi connectivity index (χ2v) is 7.43. The maximum Gasteiger partial charge on any atom is 0.295 e. The maximum absolute atomic E-state index is 13.4. The van der Waals surface area contributed by atoms with Crippen LogP contribution in [0.1, 0.15) is 23.6 Å². The number of aromatic nitrogens is 2. The van der Waals surface area contributed by atoms with Crippen molar-refractivity contribution in [3.05, 3.63) is 89.8 Å². The van der Waals surface area contributed by atoms with Gasteiger partial charge in [0.1, 0.15) is 17.3 Å². The molecule has 1 amide bonds. The van der Waals surface area contributed by atoms with E-state index in [9.17, 15) is 19.1 Å². The topological polar surface area (TPSA) is 84.7 Å². The summed E-state index contributed by atoms with van der Waals surface area (Å²) in [6, 6.07) is 11.4. The van der Waals surface area contributed by atoms with Crippen molar-refractivity contribution in [3.63, 3.8) is 0 Å². The summed E-state index contributed by atoms with van der Waals surface area (Å²) in [5.41, 5.74) is 0.909. The first-order chi connectivity index (χ1) is 15.5. The molecule has 3 aromatic rings. The van der Waals surface area contributed by atoms with Gasteiger partial charge in [0.25, 0.3) is 11.7 Å². The SMILES string of the molecule is COc1ccc([C@H]2/C(=C(\O)c3ccc(F)cc3)C(=O)C(=O)N2CCCn2ccnc2)cc1. The van der Waals surface area contributed by atoms with E-state index in [0.29, 0.717) is 30.8 Å². The molecule has 0 radical (unpaired) electrons. The minimum absolute atomic E-state index is 0.0191. The van der Waals surface area contributed by atoms with E-state index in [2.05, 4.69) is 4.98 Å². The van der Waals surface area contributed by atoms with Crippen molar-refractivity contribution >= 4 is 17.4 Å². The summed E-state index contributed by atoms with van der Waals surface area (Å²) in [7, 11) is 1.55. The molecule has 1 atom stereocenters. The fourth-order valence-electron chi connectivity index (χ4n) is 3.85. The molecule has 164 valence electrons. The van der Waals surface area contributed by atoms with Crippen LogP contribution < -0.4 is 4.74 Å². The van der Waals surface area contributed by atoms with Crippen LogP contribution in [-0.2, 0) is 16.1 Å². The number of hydrogen-bond acceptors (Lipinski definition) is 5. The lowest BCUT2D eigenvalue weighted by atomic mass is 9.95. The number of likely N-dealkylation sites (tertiary alicyclic amines) is 1. The normalized spacial score (nSPS) is 17.7. The number of amides is 1. The maximum atomic E-state index is 13.4. The second kappa shape index (κ2) is 9.05. The second-order valence-electron chi connectivity index (χ2n) is 7.43. The van der Waals surface area contributed by atoms with E-state index in [1.165, 1.54) is 29.2 Å². The lowest BCUT2D eigenvalue weighted by molar-refractivity contribution is -0.139. The molecule has 2 heterocycles. The van der Waals surface area contributed by atoms with E-state index in [1.54, 1.807) is 43.9 Å². The summed E-state index contributed by atoms with van der Waals surface area (Å²) in [5, 5.41) is 10.9. The molecular formula is C24H22FN3O4. The average molecular weight is 435 g/mol. The fraction of sp³-hybridized carbons (Fsp3) is 0.208. The molecule has 4 rings (SSSR count). The van der Waals surface area contributed by atoms with Crippen molar-refractivity contribution in [1.29, 1.82) is 0 Å². The van der Waals surface area contributed by atoms with Crippen LogP contribution >= 0.6 is 0 Å². The van der Waals surface area contributed by atoms with Crippen molar-refractivity contribution < 1.29 is 23.8 Å². The third kappa shape index (κ3) is 4.12. The third-order valence-electron chi connectivity index (χ3n) is 5.46. The summed E-state index contributed by atoms with van der Waals surface area (Å²) in [6.07, 6.45) is 5.77. The van der Waals surface area contributed by atoms with Crippen molar-refractivity contribution in [2.45, 2.75) is 19.0 Å². The van der Waals surface area contributed by atoms with Gasteiger partial charge in [-0.1, -0.05) is 12.1 Å². The van der Waals surface area contributed by atoms with Crippen LogP contribution in [0, 0.1) is 5.82 Å². The van der Waals surface area contributed by atoms with Gasteiger partial charge in [-0.3, -0.25) is 9.59 Å². The van der Waals surface area contributed by atoms with E-state index in [4.69, 9.17) is 4.74 Å². The molecule has 1 saturated heterocycles. The van der Waals surface area contributed by atoms with Crippen molar-refractivity contribution in [2.24, 2.45) is 0 Å². The number of aliphatic hydroxyl groups excluding tert-OH is 1. The van der Waals surface area contributed by atoms with Crippen molar-refractivity contribution in [2.75, 3.05) is 13.7 Å². The number of carbonyl (C=O) groups excluding carboxylic acids is 2. The predicted octanol–water partition coefficient (Wildman–Crippen LogP) is 3.54. The summed E-state index contributed by atoms with van der Waals surface area (Å²) in [4.78, 5) is 31.4. The number of hydrogen-bond donors (Lipinski definition) is 1. The van der Waals surface area contributed by atoms with Gasteiger partial charge >= 0.3 is 0 Å². The number of ether oxygens (including phenoxy) is 1. The zero-order valence-electron chi connectivity index (χ0n) is 17.4. The monoisotopic (exact) mass is 435 g/mol. The molecule has 0 saturated carbocycles. The molecule has 1 aliphatic rings. The summed E-state index contributed by atoms with van der Waals surface area (Å²) >= 11 is 0. The molecule has 1 N–H and O–H groups in total. The van der Waals surface area contributed by atoms with E-state index in [-0.39, 0.29) is 16.9 Å². The first-order valence-corrected chi connectivity index (χ1v) is 10.1. The van der Waals surface area contributed by atoms with Gasteiger partial charge in [-0.2, -0.15) is 0 Å². The largest absolute Gasteiger partial charge is 0.507 e. The smallest absolute Gasteiger partial charge is 0.295 e. The Morgan fingerprint density at radius 2 is 1.81 bits per heavy atom. The number of halogens is 1. The standard InChI is InChI=1S/C24H22FN3O4/c1-32-19-9-5-16(6-10-19)21-20(22(29)17-3-7-18(25)8-4-17)23(30)24(31)28(21)13-2-12-27-14-11-26-15-27/h3-11,14-15,21,29H,2,12-13H2,1H3/b22-20+/t21-/m0/s1. The van der Waals surface area contributed by atoms with Crippen LogP contribution in [0.3, 0.4) is 0 Å². The van der Waals surface area contributed by atoms with Crippen LogP contribution in [0.2, 0.25) is 0 Å². The number of imidazole rings is 1. The first kappa shape index (κ1) is 21.3. The molecule has 1 aromatic heterocycles. The lowest BCUT2D eigenvalue weighted by Gasteiger charge is -2.25. The highest BCUT2D eigenvalue weighted by Crippen LogP contribution is 2.39. The number of Topliss-reactive ketones (excluding diaryl/α,β-unsaturated/α-hetero) is 1. The Morgan fingerprint density at radius 3 is 2.44 bits per heavy atom. The van der Waals surface area contributed by atoms with Gasteiger partial charge in [0.15, 0.2) is 0 Å². The Bertz CT molecular complexity index is 1140. The van der Waals surface area contributed by atoms with Crippen LogP contribution in [0.5, 0.6) is 5.75 Å². The number of aryl methyl sites for hydroxylation is 1. The first-order valence-electron chi connectivity index (χ1n) is 10.1. The highest BCUT2D eigenvalue weighted by atomic mass is 19.1. The summed E-state index contributed by atoms with van der Waals surface area (Å²) in [6.45, 7) is 0.927. The van der Waals surface area contributed by atoms with E-state index in [0.717, 1.165) is 0 Å². The molecule has 2 aromatic carbocycles. The minimum Gasteiger partial charge on any atom is -0.507 e. The molecule has 1 aliphatic heterocycles. The van der Waals surface area contributed by atoms with Gasteiger partial charge < -0.3 is 19.3 Å². The zero-order chi connectivity index (χ0) is 22.7. The van der Waals surface area contributed by atoms with Gasteiger partial charge in [0.2, 0.25) is 0 Å². The van der Waals surface area contributed by atoms with Crippen molar-refractivity contribution in [1.82, 2.24) is 14.5 Å². The fourth-order valence-corrected chi connectivity index (χ4v) is 3.85. The summed E-state index contributed by atoms with van der Waals surface area (Å²) in [5.74, 6) is -1.62. The molecule has 32 heavy (non-hydrogen) atoms. The van der Waals surface area contributed by atoms with E-state index >= 15 is 0 Å². The van der Waals surface area contributed by atoms with Gasteiger partial charge in [-0.05, 0) is 48.4 Å². The molecule has 0 unspecified atom stereocenters. The number of nitrogens with zero attached hydrogens (tertiary/aromatic N) is 3. The lowest BCUT2D eigenvalue weighted by Crippen LogP contribution is -2.31. The number of aliphatic hydroxyl groups is 1. The molecule has 7 nitrogen and oxygen atoms in total. The highest BCUT2D eigenvalue weighted by molar-refractivity contribution is 6.46. The molecule has 0 aliphatic carbocycles. The summed E-state index contributed by atoms with van der Waals surface area (Å²) < 4.78 is 20.4. The Labute approximate surface area is 184 Å². The van der Waals surface area contributed by atoms with Crippen LogP contribution in [0.25, 0.3) is 5.76 Å².